The number of likely N-dealkylation sites (N-methyl/N-ethyl adjacent to an activating group) is 1. The normalized spacial score (nSPS) is 15.1. The Hall–Kier alpha value is -2.97. The highest BCUT2D eigenvalue weighted by Crippen LogP contribution is 2.28. The highest BCUT2D eigenvalue weighted by atomic mass is 32.1. The molecule has 1 aliphatic heterocycles. The van der Waals surface area contributed by atoms with Gasteiger partial charge in [0.15, 0.2) is 0 Å². The summed E-state index contributed by atoms with van der Waals surface area (Å²) in [7, 11) is 0. The van der Waals surface area contributed by atoms with Crippen molar-refractivity contribution in [2.75, 3.05) is 37.6 Å². The van der Waals surface area contributed by atoms with Gasteiger partial charge in [-0.3, -0.25) is 4.79 Å². The number of carbonyl (C=O) groups excluding carboxylic acids is 1. The maximum Gasteiger partial charge on any atom is 0.226 e. The molecule has 2 heterocycles. The fraction of sp³-hybridized carbons (Fsp3) is 0.407. The summed E-state index contributed by atoms with van der Waals surface area (Å²) in [6.45, 7) is 11.2. The molecule has 0 saturated carbocycles. The SMILES string of the molecule is CCN1CCN(c2ccc(F)cc2C(C)NC(=O)Cc2csc(COc3ccc(C)cc3)n2)CC1. The fourth-order valence-electron chi connectivity index (χ4n) is 4.28. The number of benzene rings is 2. The summed E-state index contributed by atoms with van der Waals surface area (Å²) in [6.07, 6.45) is 0.172. The van der Waals surface area contributed by atoms with Gasteiger partial charge < -0.3 is 19.9 Å². The first-order valence-electron chi connectivity index (χ1n) is 12.1. The molecule has 0 aliphatic carbocycles. The second-order valence-corrected chi connectivity index (χ2v) is 9.87. The number of aryl methyl sites for hydroxylation is 1. The predicted octanol–water partition coefficient (Wildman–Crippen LogP) is 4.73. The van der Waals surface area contributed by atoms with Crippen molar-refractivity contribution in [3.63, 3.8) is 0 Å². The van der Waals surface area contributed by atoms with E-state index in [1.54, 1.807) is 0 Å². The first-order valence-corrected chi connectivity index (χ1v) is 13.0. The maximum atomic E-state index is 14.1. The molecular formula is C27H33FN4O2S. The quantitative estimate of drug-likeness (QED) is 0.464. The first kappa shape index (κ1) is 25.1. The van der Waals surface area contributed by atoms with Crippen molar-refractivity contribution < 1.29 is 13.9 Å². The Bertz CT molecular complexity index is 1130. The van der Waals surface area contributed by atoms with E-state index >= 15 is 0 Å². The number of ether oxygens (including phenoxy) is 1. The van der Waals surface area contributed by atoms with Crippen molar-refractivity contribution in [3.8, 4) is 5.75 Å². The first-order chi connectivity index (χ1) is 16.9. The number of amides is 1. The number of hydrogen-bond donors (Lipinski definition) is 1. The molecule has 1 aromatic heterocycles. The number of carbonyl (C=O) groups is 1. The van der Waals surface area contributed by atoms with E-state index in [9.17, 15) is 9.18 Å². The summed E-state index contributed by atoms with van der Waals surface area (Å²) in [5, 5.41) is 5.74. The highest BCUT2D eigenvalue weighted by Gasteiger charge is 2.22. The van der Waals surface area contributed by atoms with Gasteiger partial charge in [-0.15, -0.1) is 11.3 Å². The number of anilines is 1. The molecule has 0 spiro atoms. The van der Waals surface area contributed by atoms with Gasteiger partial charge in [0, 0.05) is 42.8 Å². The van der Waals surface area contributed by atoms with Gasteiger partial charge in [0.05, 0.1) is 18.2 Å². The zero-order chi connectivity index (χ0) is 24.8. The third-order valence-corrected chi connectivity index (χ3v) is 7.19. The molecule has 0 bridgehead atoms. The molecule has 1 saturated heterocycles. The number of nitrogens with zero attached hydrogens (tertiary/aromatic N) is 3. The van der Waals surface area contributed by atoms with Crippen LogP contribution in [-0.4, -0.2) is 48.5 Å². The van der Waals surface area contributed by atoms with Crippen LogP contribution < -0.4 is 15.0 Å². The molecule has 1 aliphatic rings. The van der Waals surface area contributed by atoms with Gasteiger partial charge in [-0.05, 0) is 50.7 Å². The number of rotatable bonds is 9. The summed E-state index contributed by atoms with van der Waals surface area (Å²) in [4.78, 5) is 22.0. The van der Waals surface area contributed by atoms with E-state index in [-0.39, 0.29) is 24.2 Å². The lowest BCUT2D eigenvalue weighted by molar-refractivity contribution is -0.121. The van der Waals surface area contributed by atoms with Gasteiger partial charge in [0.1, 0.15) is 23.2 Å². The van der Waals surface area contributed by atoms with Crippen LogP contribution in [0.1, 0.15) is 41.7 Å². The fourth-order valence-corrected chi connectivity index (χ4v) is 4.98. The molecule has 1 fully saturated rings. The van der Waals surface area contributed by atoms with Crippen molar-refractivity contribution in [2.24, 2.45) is 0 Å². The third-order valence-electron chi connectivity index (χ3n) is 6.32. The van der Waals surface area contributed by atoms with Crippen molar-refractivity contribution in [2.45, 2.75) is 39.8 Å². The minimum absolute atomic E-state index is 0.139. The second-order valence-electron chi connectivity index (χ2n) is 8.92. The average molecular weight is 497 g/mol. The smallest absolute Gasteiger partial charge is 0.226 e. The van der Waals surface area contributed by atoms with Gasteiger partial charge in [0.2, 0.25) is 5.91 Å². The molecule has 1 N–H and O–H groups in total. The molecule has 3 aromatic rings. The minimum Gasteiger partial charge on any atom is -0.486 e. The van der Waals surface area contributed by atoms with Crippen LogP contribution in [0, 0.1) is 12.7 Å². The minimum atomic E-state index is -0.319. The van der Waals surface area contributed by atoms with Crippen LogP contribution >= 0.6 is 11.3 Å². The highest BCUT2D eigenvalue weighted by molar-refractivity contribution is 7.09. The van der Waals surface area contributed by atoms with Gasteiger partial charge in [-0.1, -0.05) is 24.6 Å². The van der Waals surface area contributed by atoms with Crippen LogP contribution in [0.25, 0.3) is 0 Å². The van der Waals surface area contributed by atoms with Gasteiger partial charge >= 0.3 is 0 Å². The molecule has 8 heteroatoms. The molecule has 4 rings (SSSR count). The standard InChI is InChI=1S/C27H33FN4O2S/c1-4-31-11-13-32(14-12-31)25-10-7-21(28)15-24(25)20(3)29-26(33)16-22-18-35-27(30-22)17-34-23-8-5-19(2)6-9-23/h5-10,15,18,20H,4,11-14,16-17H2,1-3H3,(H,29,33). The summed E-state index contributed by atoms with van der Waals surface area (Å²) in [5.41, 5.74) is 3.67. The molecule has 35 heavy (non-hydrogen) atoms. The molecule has 186 valence electrons. The molecule has 0 radical (unpaired) electrons. The average Bonchev–Trinajstić information content (AvgIpc) is 3.30. The van der Waals surface area contributed by atoms with Gasteiger partial charge in [-0.25, -0.2) is 9.37 Å². The zero-order valence-electron chi connectivity index (χ0n) is 20.6. The topological polar surface area (TPSA) is 57.7 Å². The van der Waals surface area contributed by atoms with Gasteiger partial charge in [-0.2, -0.15) is 0 Å². The summed E-state index contributed by atoms with van der Waals surface area (Å²) in [5.74, 6) is 0.357. The molecule has 6 nitrogen and oxygen atoms in total. The third kappa shape index (κ3) is 6.80. The molecule has 1 atom stereocenters. The summed E-state index contributed by atoms with van der Waals surface area (Å²) in [6, 6.07) is 12.4. The van der Waals surface area contributed by atoms with Crippen LogP contribution in [0.3, 0.4) is 0 Å². The van der Waals surface area contributed by atoms with Crippen LogP contribution in [0.15, 0.2) is 47.8 Å². The molecule has 1 amide bonds. The number of nitrogens with one attached hydrogen (secondary N) is 1. The van der Waals surface area contributed by atoms with Crippen LogP contribution in [0.4, 0.5) is 10.1 Å². The Morgan fingerprint density at radius 1 is 1.17 bits per heavy atom. The Balaban J connectivity index is 1.34. The van der Waals surface area contributed by atoms with E-state index in [2.05, 4.69) is 27.0 Å². The monoisotopic (exact) mass is 496 g/mol. The number of halogens is 1. The van der Waals surface area contributed by atoms with Crippen molar-refractivity contribution >= 4 is 22.9 Å². The van der Waals surface area contributed by atoms with E-state index in [1.165, 1.54) is 29.0 Å². The van der Waals surface area contributed by atoms with E-state index < -0.39 is 0 Å². The lowest BCUT2D eigenvalue weighted by Gasteiger charge is -2.37. The number of thiazole rings is 1. The number of aromatic nitrogens is 1. The van der Waals surface area contributed by atoms with Gasteiger partial charge in [0.25, 0.3) is 0 Å². The van der Waals surface area contributed by atoms with Crippen molar-refractivity contribution in [1.29, 1.82) is 0 Å². The van der Waals surface area contributed by atoms with Crippen LogP contribution in [0.2, 0.25) is 0 Å². The summed E-state index contributed by atoms with van der Waals surface area (Å²) < 4.78 is 19.9. The Labute approximate surface area is 210 Å². The summed E-state index contributed by atoms with van der Waals surface area (Å²) >= 11 is 1.48. The zero-order valence-corrected chi connectivity index (χ0v) is 21.4. The van der Waals surface area contributed by atoms with E-state index in [4.69, 9.17) is 4.74 Å². The van der Waals surface area contributed by atoms with Crippen molar-refractivity contribution in [3.05, 3.63) is 75.5 Å². The lowest BCUT2D eigenvalue weighted by atomic mass is 10.0. The number of piperazine rings is 1. The van der Waals surface area contributed by atoms with E-state index in [0.29, 0.717) is 12.3 Å². The molecule has 1 unspecified atom stereocenters. The Morgan fingerprint density at radius 2 is 1.91 bits per heavy atom. The second kappa shape index (κ2) is 11.6. The Morgan fingerprint density at radius 3 is 2.63 bits per heavy atom. The Kier molecular flexibility index (Phi) is 8.36. The maximum absolute atomic E-state index is 14.1. The van der Waals surface area contributed by atoms with Crippen LogP contribution in [0.5, 0.6) is 5.75 Å². The molecular weight excluding hydrogens is 463 g/mol. The predicted molar refractivity (Wildman–Crippen MR) is 139 cm³/mol. The van der Waals surface area contributed by atoms with E-state index in [1.807, 2.05) is 49.6 Å². The molecule has 2 aromatic carbocycles. The van der Waals surface area contributed by atoms with Crippen molar-refractivity contribution in [1.82, 2.24) is 15.2 Å². The largest absolute Gasteiger partial charge is 0.486 e. The number of hydrogen-bond acceptors (Lipinski definition) is 6. The van der Waals surface area contributed by atoms with E-state index in [0.717, 1.165) is 54.7 Å². The lowest BCUT2D eigenvalue weighted by Crippen LogP contribution is -2.46. The van der Waals surface area contributed by atoms with Crippen LogP contribution in [-0.2, 0) is 17.8 Å².